The van der Waals surface area contributed by atoms with Gasteiger partial charge in [0.15, 0.2) is 0 Å². The van der Waals surface area contributed by atoms with E-state index in [1.54, 1.807) is 6.07 Å². The van der Waals surface area contributed by atoms with Gasteiger partial charge in [-0.2, -0.15) is 0 Å². The Balaban J connectivity index is 2.08. The van der Waals surface area contributed by atoms with Crippen molar-refractivity contribution in [2.24, 2.45) is 0 Å². The quantitative estimate of drug-likeness (QED) is 0.702. The number of hydrogen-bond acceptors (Lipinski definition) is 1. The number of rotatable bonds is 5. The molecule has 1 nitrogen and oxygen atoms in total. The van der Waals surface area contributed by atoms with Gasteiger partial charge >= 0.3 is 0 Å². The molecule has 1 aliphatic rings. The molecule has 0 N–H and O–H groups in total. The summed E-state index contributed by atoms with van der Waals surface area (Å²) in [6.45, 7) is 1.85. The molecule has 0 aliphatic heterocycles. The molecule has 0 saturated heterocycles. The second kappa shape index (κ2) is 6.30. The molecule has 1 saturated carbocycles. The fourth-order valence-corrected chi connectivity index (χ4v) is 2.99. The lowest BCUT2D eigenvalue weighted by Crippen LogP contribution is -2.40. The van der Waals surface area contributed by atoms with Crippen molar-refractivity contribution in [3.8, 4) is 0 Å². The number of benzene rings is 1. The zero-order valence-electron chi connectivity index (χ0n) is 9.63. The fourth-order valence-electron chi connectivity index (χ4n) is 2.14. The Bertz CT molecular complexity index is 380. The minimum Gasteiger partial charge on any atom is -0.295 e. The molecule has 0 atom stereocenters. The number of nitrogens with zero attached hydrogens (tertiary/aromatic N) is 1. The molecule has 0 unspecified atom stereocenters. The molecule has 94 valence electrons. The molecule has 0 spiro atoms. The van der Waals surface area contributed by atoms with E-state index in [-0.39, 0.29) is 5.82 Å². The van der Waals surface area contributed by atoms with E-state index >= 15 is 0 Å². The van der Waals surface area contributed by atoms with Gasteiger partial charge in [0.1, 0.15) is 5.82 Å². The highest BCUT2D eigenvalue weighted by molar-refractivity contribution is 9.10. The van der Waals surface area contributed by atoms with Crippen LogP contribution >= 0.6 is 31.9 Å². The zero-order chi connectivity index (χ0) is 12.3. The first-order valence-corrected chi connectivity index (χ1v) is 7.86. The van der Waals surface area contributed by atoms with Crippen molar-refractivity contribution in [1.82, 2.24) is 4.90 Å². The van der Waals surface area contributed by atoms with Gasteiger partial charge in [-0.3, -0.25) is 4.90 Å². The molecule has 0 heterocycles. The van der Waals surface area contributed by atoms with E-state index in [9.17, 15) is 4.39 Å². The molecule has 4 heteroatoms. The number of halogens is 3. The van der Waals surface area contributed by atoms with Crippen LogP contribution in [0.4, 0.5) is 4.39 Å². The van der Waals surface area contributed by atoms with Gasteiger partial charge in [0.05, 0.1) is 4.47 Å². The first kappa shape index (κ1) is 13.5. The predicted molar refractivity (Wildman–Crippen MR) is 75.9 cm³/mol. The Labute approximate surface area is 119 Å². The maximum atomic E-state index is 13.4. The van der Waals surface area contributed by atoms with Gasteiger partial charge in [-0.1, -0.05) is 34.5 Å². The average Bonchev–Trinajstić information content (AvgIpc) is 2.22. The molecular formula is C13H16Br2FN. The Kier molecular flexibility index (Phi) is 5.00. The summed E-state index contributed by atoms with van der Waals surface area (Å²) in [5.41, 5.74) is 1.04. The summed E-state index contributed by atoms with van der Waals surface area (Å²) >= 11 is 6.83. The van der Waals surface area contributed by atoms with Gasteiger partial charge < -0.3 is 0 Å². The van der Waals surface area contributed by atoms with Crippen LogP contribution in [0.5, 0.6) is 0 Å². The third-order valence-electron chi connectivity index (χ3n) is 3.37. The summed E-state index contributed by atoms with van der Waals surface area (Å²) < 4.78 is 14.0. The van der Waals surface area contributed by atoms with Crippen molar-refractivity contribution in [3.05, 3.63) is 34.1 Å². The van der Waals surface area contributed by atoms with Gasteiger partial charge in [-0.15, -0.1) is 0 Å². The molecular weight excluding hydrogens is 349 g/mol. The largest absolute Gasteiger partial charge is 0.295 e. The fraction of sp³-hybridized carbons (Fsp3) is 0.538. The first-order chi connectivity index (χ1) is 8.22. The van der Waals surface area contributed by atoms with E-state index in [1.165, 1.54) is 25.3 Å². The van der Waals surface area contributed by atoms with Crippen molar-refractivity contribution in [2.45, 2.75) is 31.8 Å². The van der Waals surface area contributed by atoms with Gasteiger partial charge in [-0.05, 0) is 40.4 Å². The molecule has 1 aromatic carbocycles. The van der Waals surface area contributed by atoms with Crippen LogP contribution in [0.3, 0.4) is 0 Å². The molecule has 1 fully saturated rings. The molecule has 2 rings (SSSR count). The van der Waals surface area contributed by atoms with E-state index < -0.39 is 0 Å². The third-order valence-corrected chi connectivity index (χ3v) is 4.61. The molecule has 1 aromatic rings. The second-order valence-corrected chi connectivity index (χ2v) is 6.04. The van der Waals surface area contributed by atoms with E-state index in [4.69, 9.17) is 0 Å². The van der Waals surface area contributed by atoms with Crippen molar-refractivity contribution in [1.29, 1.82) is 0 Å². The number of alkyl halides is 1. The van der Waals surface area contributed by atoms with Crippen molar-refractivity contribution in [3.63, 3.8) is 0 Å². The minimum absolute atomic E-state index is 0.171. The Hall–Kier alpha value is 0.0700. The third kappa shape index (κ3) is 3.30. The van der Waals surface area contributed by atoms with Gasteiger partial charge in [0.2, 0.25) is 0 Å². The average molecular weight is 365 g/mol. The second-order valence-electron chi connectivity index (χ2n) is 4.46. The molecule has 0 aromatic heterocycles. The molecule has 0 bridgehead atoms. The monoisotopic (exact) mass is 363 g/mol. The highest BCUT2D eigenvalue weighted by atomic mass is 79.9. The zero-order valence-corrected chi connectivity index (χ0v) is 12.8. The Morgan fingerprint density at radius 1 is 1.35 bits per heavy atom. The molecule has 17 heavy (non-hydrogen) atoms. The lowest BCUT2D eigenvalue weighted by atomic mass is 9.91. The summed E-state index contributed by atoms with van der Waals surface area (Å²) in [5, 5.41) is 0.969. The topological polar surface area (TPSA) is 3.24 Å². The maximum Gasteiger partial charge on any atom is 0.137 e. The lowest BCUT2D eigenvalue weighted by Gasteiger charge is -2.37. The normalized spacial score (nSPS) is 16.2. The molecule has 0 radical (unpaired) electrons. The molecule has 1 aliphatic carbocycles. The van der Waals surface area contributed by atoms with E-state index in [0.717, 1.165) is 24.0 Å². The van der Waals surface area contributed by atoms with Gasteiger partial charge in [0.25, 0.3) is 0 Å². The summed E-state index contributed by atoms with van der Waals surface area (Å²) in [4.78, 5) is 2.44. The van der Waals surface area contributed by atoms with Gasteiger partial charge in [0, 0.05) is 24.5 Å². The Morgan fingerprint density at radius 3 is 2.71 bits per heavy atom. The summed E-state index contributed by atoms with van der Waals surface area (Å²) in [5.74, 6) is -0.171. The predicted octanol–water partition coefficient (Wildman–Crippen LogP) is 4.34. The maximum absolute atomic E-state index is 13.4. The highest BCUT2D eigenvalue weighted by Gasteiger charge is 2.25. The van der Waals surface area contributed by atoms with E-state index in [0.29, 0.717) is 10.5 Å². The summed E-state index contributed by atoms with van der Waals surface area (Å²) in [6, 6.07) is 5.95. The summed E-state index contributed by atoms with van der Waals surface area (Å²) in [6.07, 6.45) is 3.88. The van der Waals surface area contributed by atoms with Crippen LogP contribution in [0.1, 0.15) is 24.8 Å². The SMILES string of the molecule is Fc1cccc(CN(CCBr)C2CCC2)c1Br. The van der Waals surface area contributed by atoms with Crippen LogP contribution < -0.4 is 0 Å². The lowest BCUT2D eigenvalue weighted by molar-refractivity contribution is 0.128. The van der Waals surface area contributed by atoms with E-state index in [2.05, 4.69) is 36.8 Å². The van der Waals surface area contributed by atoms with Gasteiger partial charge in [-0.25, -0.2) is 4.39 Å². The van der Waals surface area contributed by atoms with E-state index in [1.807, 2.05) is 6.07 Å². The minimum atomic E-state index is -0.171. The van der Waals surface area contributed by atoms with Crippen LogP contribution in [-0.4, -0.2) is 22.8 Å². The van der Waals surface area contributed by atoms with Crippen LogP contribution in [0.15, 0.2) is 22.7 Å². The van der Waals surface area contributed by atoms with Crippen LogP contribution in [0.2, 0.25) is 0 Å². The standard InChI is InChI=1S/C13H16Br2FN/c14-7-8-17(11-4-2-5-11)9-10-3-1-6-12(16)13(10)15/h1,3,6,11H,2,4-5,7-9H2. The van der Waals surface area contributed by atoms with Crippen LogP contribution in [-0.2, 0) is 6.54 Å². The first-order valence-electron chi connectivity index (χ1n) is 5.95. The summed E-state index contributed by atoms with van der Waals surface area (Å²) in [7, 11) is 0. The van der Waals surface area contributed by atoms with Crippen molar-refractivity contribution in [2.75, 3.05) is 11.9 Å². The van der Waals surface area contributed by atoms with Crippen molar-refractivity contribution < 1.29 is 4.39 Å². The molecule has 0 amide bonds. The Morgan fingerprint density at radius 2 is 2.12 bits per heavy atom. The van der Waals surface area contributed by atoms with Crippen LogP contribution in [0.25, 0.3) is 0 Å². The highest BCUT2D eigenvalue weighted by Crippen LogP contribution is 2.28. The van der Waals surface area contributed by atoms with Crippen molar-refractivity contribution >= 4 is 31.9 Å². The van der Waals surface area contributed by atoms with Crippen LogP contribution in [0, 0.1) is 5.82 Å². The number of hydrogen-bond donors (Lipinski definition) is 0. The smallest absolute Gasteiger partial charge is 0.137 e.